The number of thiophene rings is 2. The minimum atomic E-state index is 0.628. The second-order valence-corrected chi connectivity index (χ2v) is 5.09. The Hall–Kier alpha value is -0.640. The molecule has 3 heteroatoms. The first-order chi connectivity index (χ1) is 6.45. The summed E-state index contributed by atoms with van der Waals surface area (Å²) in [5.74, 6) is 0. The fourth-order valence-corrected chi connectivity index (χ4v) is 3.98. The molecule has 2 aromatic heterocycles. The van der Waals surface area contributed by atoms with Gasteiger partial charge in [-0.1, -0.05) is 0 Å². The first-order valence-corrected chi connectivity index (χ1v) is 6.22. The van der Waals surface area contributed by atoms with Crippen LogP contribution in [0.4, 0.5) is 0 Å². The van der Waals surface area contributed by atoms with Crippen molar-refractivity contribution in [1.82, 2.24) is 5.32 Å². The largest absolute Gasteiger partial charge is 0.300 e. The number of hydrogen-bond donors (Lipinski definition) is 1. The van der Waals surface area contributed by atoms with Gasteiger partial charge in [-0.05, 0) is 43.8 Å². The highest BCUT2D eigenvalue weighted by atomic mass is 32.1. The van der Waals surface area contributed by atoms with Gasteiger partial charge in [-0.25, -0.2) is 0 Å². The van der Waals surface area contributed by atoms with Gasteiger partial charge in [0.2, 0.25) is 0 Å². The van der Waals surface area contributed by atoms with Gasteiger partial charge in [0.25, 0.3) is 0 Å². The van der Waals surface area contributed by atoms with Gasteiger partial charge in [0.15, 0.2) is 0 Å². The Morgan fingerprint density at radius 1 is 0.846 bits per heavy atom. The summed E-state index contributed by atoms with van der Waals surface area (Å²) >= 11 is 3.63. The number of hydrogen-bond acceptors (Lipinski definition) is 3. The SMILES string of the molecule is c1scc2c1-c1cscc1[C@@H]1N[C@H]21. The van der Waals surface area contributed by atoms with Gasteiger partial charge < -0.3 is 0 Å². The van der Waals surface area contributed by atoms with Crippen molar-refractivity contribution in [3.05, 3.63) is 32.6 Å². The van der Waals surface area contributed by atoms with Gasteiger partial charge in [-0.3, -0.25) is 5.32 Å². The monoisotopic (exact) mass is 205 g/mol. The fraction of sp³-hybridized carbons (Fsp3) is 0.200. The van der Waals surface area contributed by atoms with Crippen molar-refractivity contribution < 1.29 is 0 Å². The zero-order valence-corrected chi connectivity index (χ0v) is 8.41. The summed E-state index contributed by atoms with van der Waals surface area (Å²) in [6.07, 6.45) is 0. The van der Waals surface area contributed by atoms with Crippen molar-refractivity contribution in [2.45, 2.75) is 12.1 Å². The van der Waals surface area contributed by atoms with Crippen LogP contribution in [0.5, 0.6) is 0 Å². The molecule has 2 atom stereocenters. The van der Waals surface area contributed by atoms with Crippen molar-refractivity contribution in [1.29, 1.82) is 0 Å². The van der Waals surface area contributed by atoms with Gasteiger partial charge in [-0.2, -0.15) is 22.7 Å². The second-order valence-electron chi connectivity index (χ2n) is 3.60. The normalized spacial score (nSPS) is 27.7. The average molecular weight is 205 g/mol. The maximum atomic E-state index is 3.53. The Labute approximate surface area is 84.0 Å². The quantitative estimate of drug-likeness (QED) is 0.655. The molecule has 0 bridgehead atoms. The number of rotatable bonds is 0. The highest BCUT2D eigenvalue weighted by Crippen LogP contribution is 2.55. The summed E-state index contributed by atoms with van der Waals surface area (Å²) in [5.41, 5.74) is 5.96. The average Bonchev–Trinajstić information content (AvgIpc) is 2.67. The standard InChI is InChI=1S/C10H7NS2/c1-5-6-2-13-4-8(6)10-9(11-10)7(5)3-12-1/h1-4,9-11H/t9-,10+. The maximum absolute atomic E-state index is 3.53. The van der Waals surface area contributed by atoms with E-state index in [9.17, 15) is 0 Å². The summed E-state index contributed by atoms with van der Waals surface area (Å²) in [6, 6.07) is 1.26. The van der Waals surface area contributed by atoms with Gasteiger partial charge in [0.05, 0.1) is 12.1 Å². The Balaban J connectivity index is 2.13. The molecule has 1 saturated heterocycles. The third-order valence-corrected chi connectivity index (χ3v) is 4.45. The summed E-state index contributed by atoms with van der Waals surface area (Å²) in [6.45, 7) is 0. The van der Waals surface area contributed by atoms with Gasteiger partial charge in [0.1, 0.15) is 0 Å². The minimum Gasteiger partial charge on any atom is -0.300 e. The molecule has 1 fully saturated rings. The van der Waals surface area contributed by atoms with Crippen molar-refractivity contribution in [3.63, 3.8) is 0 Å². The van der Waals surface area contributed by atoms with Crippen LogP contribution in [0.3, 0.4) is 0 Å². The van der Waals surface area contributed by atoms with E-state index in [-0.39, 0.29) is 0 Å². The molecular weight excluding hydrogens is 198 g/mol. The molecule has 13 heavy (non-hydrogen) atoms. The zero-order valence-electron chi connectivity index (χ0n) is 6.78. The van der Waals surface area contributed by atoms with Crippen LogP contribution in [0.15, 0.2) is 21.5 Å². The van der Waals surface area contributed by atoms with E-state index in [0.717, 1.165) is 0 Å². The van der Waals surface area contributed by atoms with Crippen LogP contribution in [0.1, 0.15) is 23.2 Å². The lowest BCUT2D eigenvalue weighted by molar-refractivity contribution is 1.02. The molecule has 0 amide bonds. The smallest absolute Gasteiger partial charge is 0.0538 e. The highest BCUT2D eigenvalue weighted by molar-refractivity contribution is 7.09. The van der Waals surface area contributed by atoms with E-state index in [1.54, 1.807) is 0 Å². The predicted octanol–water partition coefficient (Wildman–Crippen LogP) is 3.18. The molecule has 1 aliphatic heterocycles. The van der Waals surface area contributed by atoms with Crippen molar-refractivity contribution >= 4 is 22.7 Å². The molecule has 1 aliphatic carbocycles. The molecule has 3 heterocycles. The summed E-state index contributed by atoms with van der Waals surface area (Å²) in [5, 5.41) is 12.6. The van der Waals surface area contributed by atoms with E-state index in [1.807, 2.05) is 22.7 Å². The van der Waals surface area contributed by atoms with Gasteiger partial charge in [-0.15, -0.1) is 0 Å². The lowest BCUT2D eigenvalue weighted by Gasteiger charge is -2.08. The molecule has 0 saturated carbocycles. The third-order valence-electron chi connectivity index (χ3n) is 2.93. The van der Waals surface area contributed by atoms with Gasteiger partial charge in [0, 0.05) is 0 Å². The first-order valence-electron chi connectivity index (χ1n) is 4.34. The molecular formula is C10H7NS2. The van der Waals surface area contributed by atoms with Crippen LogP contribution >= 0.6 is 22.7 Å². The summed E-state index contributed by atoms with van der Waals surface area (Å²) in [4.78, 5) is 0. The van der Waals surface area contributed by atoms with E-state index in [0.29, 0.717) is 12.1 Å². The lowest BCUT2D eigenvalue weighted by atomic mass is 9.92. The molecule has 4 rings (SSSR count). The zero-order chi connectivity index (χ0) is 8.41. The number of nitrogens with one attached hydrogen (secondary N) is 1. The first kappa shape index (κ1) is 6.76. The molecule has 1 N–H and O–H groups in total. The van der Waals surface area contributed by atoms with Crippen LogP contribution in [-0.4, -0.2) is 0 Å². The molecule has 2 aliphatic rings. The van der Waals surface area contributed by atoms with Gasteiger partial charge >= 0.3 is 0 Å². The molecule has 0 aromatic carbocycles. The van der Waals surface area contributed by atoms with Crippen LogP contribution in [-0.2, 0) is 0 Å². The van der Waals surface area contributed by atoms with Crippen LogP contribution in [0.25, 0.3) is 11.1 Å². The van der Waals surface area contributed by atoms with Crippen LogP contribution in [0, 0.1) is 0 Å². The third kappa shape index (κ3) is 0.713. The number of fused-ring (bicyclic) bond motifs is 6. The van der Waals surface area contributed by atoms with E-state index >= 15 is 0 Å². The van der Waals surface area contributed by atoms with E-state index < -0.39 is 0 Å². The van der Waals surface area contributed by atoms with E-state index in [1.165, 1.54) is 22.3 Å². The molecule has 0 unspecified atom stereocenters. The topological polar surface area (TPSA) is 21.9 Å². The summed E-state index contributed by atoms with van der Waals surface area (Å²) in [7, 11) is 0. The van der Waals surface area contributed by atoms with Crippen molar-refractivity contribution in [3.8, 4) is 11.1 Å². The minimum absolute atomic E-state index is 0.628. The fourth-order valence-electron chi connectivity index (χ4n) is 2.21. The Morgan fingerprint density at radius 3 is 1.92 bits per heavy atom. The van der Waals surface area contributed by atoms with Crippen LogP contribution in [0.2, 0.25) is 0 Å². The molecule has 64 valence electrons. The van der Waals surface area contributed by atoms with E-state index in [2.05, 4.69) is 26.8 Å². The molecule has 2 aromatic rings. The molecule has 1 nitrogen and oxygen atoms in total. The maximum Gasteiger partial charge on any atom is 0.0538 e. The summed E-state index contributed by atoms with van der Waals surface area (Å²) < 4.78 is 0. The Kier molecular flexibility index (Phi) is 1.07. The lowest BCUT2D eigenvalue weighted by Crippen LogP contribution is -1.92. The molecule has 0 spiro atoms. The predicted molar refractivity (Wildman–Crippen MR) is 56.2 cm³/mol. The van der Waals surface area contributed by atoms with Crippen molar-refractivity contribution in [2.24, 2.45) is 0 Å². The molecule has 0 radical (unpaired) electrons. The Morgan fingerprint density at radius 2 is 1.38 bits per heavy atom. The van der Waals surface area contributed by atoms with Crippen molar-refractivity contribution in [2.75, 3.05) is 0 Å². The van der Waals surface area contributed by atoms with Crippen LogP contribution < -0.4 is 5.32 Å². The van der Waals surface area contributed by atoms with E-state index in [4.69, 9.17) is 0 Å². The Bertz CT molecular complexity index is 438. The second kappa shape index (κ2) is 2.05. The highest BCUT2D eigenvalue weighted by Gasteiger charge is 2.45.